The topological polar surface area (TPSA) is 90.0 Å². The van der Waals surface area contributed by atoms with Crippen LogP contribution in [-0.4, -0.2) is 84.0 Å². The van der Waals surface area contributed by atoms with E-state index in [9.17, 15) is 18.0 Å². The van der Waals surface area contributed by atoms with E-state index < -0.39 is 15.3 Å². The van der Waals surface area contributed by atoms with Crippen LogP contribution in [0.25, 0.3) is 0 Å². The first-order chi connectivity index (χ1) is 14.2. The van der Waals surface area contributed by atoms with Gasteiger partial charge < -0.3 is 15.1 Å². The molecule has 0 aromatic rings. The van der Waals surface area contributed by atoms with Crippen LogP contribution in [0, 0.1) is 0 Å². The summed E-state index contributed by atoms with van der Waals surface area (Å²) < 4.78 is 28.5. The standard InChI is InChI=1S/C21H36N4O4S/c1-4-20(26)22-18-14-16(2)25(17(3)15-18)30(28,29)19-8-12-24(13-9-19)21(27)23-10-6-5-7-11-23/h4,16-19H,1,5-15H2,2-3H3,(H,22,26). The van der Waals surface area contributed by atoms with Gasteiger partial charge in [0.15, 0.2) is 0 Å². The van der Waals surface area contributed by atoms with Crippen molar-refractivity contribution in [3.05, 3.63) is 12.7 Å². The minimum Gasteiger partial charge on any atom is -0.350 e. The van der Waals surface area contributed by atoms with Crippen molar-refractivity contribution >= 4 is 22.0 Å². The highest BCUT2D eigenvalue weighted by Gasteiger charge is 2.43. The molecule has 3 amide bonds. The van der Waals surface area contributed by atoms with Gasteiger partial charge in [0.2, 0.25) is 15.9 Å². The summed E-state index contributed by atoms with van der Waals surface area (Å²) >= 11 is 0. The van der Waals surface area contributed by atoms with Crippen LogP contribution in [0.5, 0.6) is 0 Å². The van der Waals surface area contributed by atoms with Crippen molar-refractivity contribution in [1.29, 1.82) is 0 Å². The predicted octanol–water partition coefficient (Wildman–Crippen LogP) is 1.93. The van der Waals surface area contributed by atoms with E-state index in [4.69, 9.17) is 0 Å². The van der Waals surface area contributed by atoms with Gasteiger partial charge in [-0.25, -0.2) is 13.2 Å². The summed E-state index contributed by atoms with van der Waals surface area (Å²) in [5, 5.41) is 2.45. The molecule has 0 aromatic carbocycles. The molecule has 8 nitrogen and oxygen atoms in total. The first kappa shape index (κ1) is 23.1. The number of likely N-dealkylation sites (tertiary alicyclic amines) is 2. The number of hydrogen-bond acceptors (Lipinski definition) is 4. The molecule has 170 valence electrons. The maximum atomic E-state index is 13.4. The van der Waals surface area contributed by atoms with Crippen LogP contribution in [-0.2, 0) is 14.8 Å². The molecule has 30 heavy (non-hydrogen) atoms. The van der Waals surface area contributed by atoms with Gasteiger partial charge in [0.25, 0.3) is 0 Å². The van der Waals surface area contributed by atoms with Crippen LogP contribution in [0.1, 0.15) is 58.8 Å². The number of sulfonamides is 1. The summed E-state index contributed by atoms with van der Waals surface area (Å²) in [6, 6.07) is -0.342. The molecule has 3 aliphatic heterocycles. The van der Waals surface area contributed by atoms with Crippen LogP contribution in [0.4, 0.5) is 4.79 Å². The average molecular weight is 441 g/mol. The fourth-order valence-electron chi connectivity index (χ4n) is 5.24. The van der Waals surface area contributed by atoms with Gasteiger partial charge in [-0.05, 0) is 64.9 Å². The molecule has 9 heteroatoms. The molecule has 0 aromatic heterocycles. The Hall–Kier alpha value is -1.61. The van der Waals surface area contributed by atoms with E-state index in [0.29, 0.717) is 38.8 Å². The second-order valence-electron chi connectivity index (χ2n) is 8.97. The van der Waals surface area contributed by atoms with Gasteiger partial charge >= 0.3 is 6.03 Å². The fraction of sp³-hybridized carbons (Fsp3) is 0.810. The normalized spacial score (nSPS) is 29.5. The molecular formula is C21H36N4O4S. The lowest BCUT2D eigenvalue weighted by Gasteiger charge is -2.44. The van der Waals surface area contributed by atoms with E-state index >= 15 is 0 Å². The largest absolute Gasteiger partial charge is 0.350 e. The Bertz CT molecular complexity index is 730. The van der Waals surface area contributed by atoms with Crippen molar-refractivity contribution in [2.75, 3.05) is 26.2 Å². The Morgan fingerprint density at radius 1 is 0.933 bits per heavy atom. The number of hydrogen-bond donors (Lipinski definition) is 1. The third-order valence-corrected chi connectivity index (χ3v) is 9.33. The maximum absolute atomic E-state index is 13.4. The van der Waals surface area contributed by atoms with E-state index in [1.165, 1.54) is 12.5 Å². The highest BCUT2D eigenvalue weighted by atomic mass is 32.2. The van der Waals surface area contributed by atoms with Crippen LogP contribution >= 0.6 is 0 Å². The van der Waals surface area contributed by atoms with E-state index in [2.05, 4.69) is 11.9 Å². The van der Waals surface area contributed by atoms with Crippen molar-refractivity contribution < 1.29 is 18.0 Å². The highest BCUT2D eigenvalue weighted by molar-refractivity contribution is 7.89. The summed E-state index contributed by atoms with van der Waals surface area (Å²) in [5.74, 6) is -0.221. The zero-order valence-corrected chi connectivity index (χ0v) is 19.1. The summed E-state index contributed by atoms with van der Waals surface area (Å²) in [4.78, 5) is 28.1. The monoisotopic (exact) mass is 440 g/mol. The Morgan fingerprint density at radius 3 is 2.00 bits per heavy atom. The van der Waals surface area contributed by atoms with Crippen LogP contribution in [0.15, 0.2) is 12.7 Å². The van der Waals surface area contributed by atoms with Crippen molar-refractivity contribution in [2.24, 2.45) is 0 Å². The maximum Gasteiger partial charge on any atom is 0.319 e. The number of carbonyl (C=O) groups excluding carboxylic acids is 2. The van der Waals surface area contributed by atoms with Gasteiger partial charge in [-0.15, -0.1) is 0 Å². The van der Waals surface area contributed by atoms with Gasteiger partial charge in [0, 0.05) is 44.3 Å². The number of piperidine rings is 3. The molecule has 2 unspecified atom stereocenters. The van der Waals surface area contributed by atoms with Gasteiger partial charge in [0.05, 0.1) is 5.25 Å². The lowest BCUT2D eigenvalue weighted by molar-refractivity contribution is -0.117. The number of amides is 3. The quantitative estimate of drug-likeness (QED) is 0.677. The third kappa shape index (κ3) is 4.99. The molecule has 3 saturated heterocycles. The zero-order valence-electron chi connectivity index (χ0n) is 18.3. The SMILES string of the molecule is C=CC(=O)NC1CC(C)N(S(=O)(=O)C2CCN(C(=O)N3CCCCC3)CC2)C(C)C1. The lowest BCUT2D eigenvalue weighted by atomic mass is 9.95. The van der Waals surface area contributed by atoms with Gasteiger partial charge in [-0.3, -0.25) is 4.79 Å². The molecule has 2 atom stereocenters. The number of urea groups is 1. The second-order valence-corrected chi connectivity index (χ2v) is 11.1. The fourth-order valence-corrected chi connectivity index (χ4v) is 7.57. The molecule has 3 rings (SSSR count). The smallest absolute Gasteiger partial charge is 0.319 e. The first-order valence-corrected chi connectivity index (χ1v) is 12.7. The number of nitrogens with zero attached hydrogens (tertiary/aromatic N) is 3. The first-order valence-electron chi connectivity index (χ1n) is 11.2. The van der Waals surface area contributed by atoms with Crippen LogP contribution in [0.2, 0.25) is 0 Å². The summed E-state index contributed by atoms with van der Waals surface area (Å²) in [7, 11) is -3.47. The summed E-state index contributed by atoms with van der Waals surface area (Å²) in [5.41, 5.74) is 0. The molecule has 0 radical (unpaired) electrons. The second kappa shape index (κ2) is 9.68. The number of rotatable bonds is 4. The predicted molar refractivity (Wildman–Crippen MR) is 116 cm³/mol. The molecule has 1 N–H and O–H groups in total. The van der Waals surface area contributed by atoms with Gasteiger partial charge in [-0.1, -0.05) is 6.58 Å². The third-order valence-electron chi connectivity index (χ3n) is 6.71. The van der Waals surface area contributed by atoms with Crippen LogP contribution in [0.3, 0.4) is 0 Å². The van der Waals surface area contributed by atoms with E-state index in [1.54, 1.807) is 4.31 Å². The Labute approximate surface area is 180 Å². The summed E-state index contributed by atoms with van der Waals surface area (Å²) in [6.07, 6.45) is 6.67. The van der Waals surface area contributed by atoms with Crippen LogP contribution < -0.4 is 5.32 Å². The molecule has 0 spiro atoms. The van der Waals surface area contributed by atoms with E-state index in [1.807, 2.05) is 23.6 Å². The molecule has 0 aliphatic carbocycles. The Balaban J connectivity index is 1.59. The minimum atomic E-state index is -3.47. The van der Waals surface area contributed by atoms with E-state index in [0.717, 1.165) is 25.9 Å². The average Bonchev–Trinajstić information content (AvgIpc) is 2.73. The van der Waals surface area contributed by atoms with Crippen molar-refractivity contribution in [1.82, 2.24) is 19.4 Å². The van der Waals surface area contributed by atoms with Gasteiger partial charge in [-0.2, -0.15) is 4.31 Å². The summed E-state index contributed by atoms with van der Waals surface area (Å²) in [6.45, 7) is 9.91. The Kier molecular flexibility index (Phi) is 7.44. The van der Waals surface area contributed by atoms with Crippen molar-refractivity contribution in [2.45, 2.75) is 82.2 Å². The molecule has 3 aliphatic rings. The molecule has 0 saturated carbocycles. The van der Waals surface area contributed by atoms with Gasteiger partial charge in [0.1, 0.15) is 0 Å². The highest BCUT2D eigenvalue weighted by Crippen LogP contribution is 2.31. The molecular weight excluding hydrogens is 404 g/mol. The van der Waals surface area contributed by atoms with Crippen molar-refractivity contribution in [3.8, 4) is 0 Å². The number of carbonyl (C=O) groups is 2. The van der Waals surface area contributed by atoms with Crippen molar-refractivity contribution in [3.63, 3.8) is 0 Å². The molecule has 3 fully saturated rings. The lowest BCUT2D eigenvalue weighted by Crippen LogP contribution is -2.58. The minimum absolute atomic E-state index is 0.0454. The zero-order chi connectivity index (χ0) is 21.9. The molecule has 0 bridgehead atoms. The Morgan fingerprint density at radius 2 is 1.47 bits per heavy atom. The van der Waals surface area contributed by atoms with E-state index in [-0.39, 0.29) is 30.1 Å². The number of nitrogens with one attached hydrogen (secondary N) is 1. The molecule has 3 heterocycles.